The predicted molar refractivity (Wildman–Crippen MR) is 70.5 cm³/mol. The number of rotatable bonds is 2. The molecule has 0 amide bonds. The molecule has 5 heteroatoms. The topological polar surface area (TPSA) is 62.3 Å². The van der Waals surface area contributed by atoms with Crippen molar-refractivity contribution in [2.24, 2.45) is 11.8 Å². The highest BCUT2D eigenvalue weighted by atomic mass is 32.1. The van der Waals surface area contributed by atoms with Crippen LogP contribution in [0.5, 0.6) is 5.75 Å². The molecule has 1 aliphatic heterocycles. The Bertz CT molecular complexity index is 453. The Kier molecular flexibility index (Phi) is 3.16. The molecule has 1 aromatic heterocycles. The average Bonchev–Trinajstić information content (AvgIpc) is 2.80. The molecule has 0 aliphatic carbocycles. The van der Waals surface area contributed by atoms with E-state index in [-0.39, 0.29) is 0 Å². The zero-order chi connectivity index (χ0) is 12.6. The number of nitrogens with two attached hydrogens (primary N) is 1. The van der Waals surface area contributed by atoms with Gasteiger partial charge in [0.15, 0.2) is 5.75 Å². The highest BCUT2D eigenvalue weighted by Crippen LogP contribution is 2.46. The van der Waals surface area contributed by atoms with Crippen molar-refractivity contribution in [3.8, 4) is 11.8 Å². The summed E-state index contributed by atoms with van der Waals surface area (Å²) in [5.41, 5.74) is 6.37. The second kappa shape index (κ2) is 4.46. The fraction of sp³-hybridized carbons (Fsp3) is 0.583. The molecule has 2 unspecified atom stereocenters. The number of nitrogens with zero attached hydrogens (tertiary/aromatic N) is 2. The van der Waals surface area contributed by atoms with Crippen molar-refractivity contribution in [1.82, 2.24) is 0 Å². The van der Waals surface area contributed by atoms with Gasteiger partial charge >= 0.3 is 0 Å². The molecule has 0 radical (unpaired) electrons. The maximum Gasteiger partial charge on any atom is 0.177 e. The van der Waals surface area contributed by atoms with Crippen molar-refractivity contribution in [1.29, 1.82) is 5.26 Å². The molecular weight excluding hydrogens is 234 g/mol. The van der Waals surface area contributed by atoms with Crippen LogP contribution in [0, 0.1) is 23.2 Å². The number of thiophene rings is 1. The molecule has 1 aromatic rings. The second-order valence-corrected chi connectivity index (χ2v) is 5.65. The van der Waals surface area contributed by atoms with Gasteiger partial charge < -0.3 is 15.4 Å². The largest absolute Gasteiger partial charge is 0.492 e. The molecule has 1 saturated heterocycles. The van der Waals surface area contributed by atoms with Gasteiger partial charge in [0.25, 0.3) is 0 Å². The number of nitriles is 1. The molecule has 0 spiro atoms. The van der Waals surface area contributed by atoms with Crippen molar-refractivity contribution in [2.75, 3.05) is 30.8 Å². The molecule has 0 saturated carbocycles. The van der Waals surface area contributed by atoms with Gasteiger partial charge in [-0.15, -0.1) is 11.3 Å². The van der Waals surface area contributed by atoms with Crippen LogP contribution in [0.25, 0.3) is 0 Å². The van der Waals surface area contributed by atoms with Crippen molar-refractivity contribution in [3.05, 3.63) is 4.88 Å². The molecule has 0 bridgehead atoms. The molecule has 2 rings (SSSR count). The summed E-state index contributed by atoms with van der Waals surface area (Å²) in [5, 5.41) is 10.0. The first kappa shape index (κ1) is 12.1. The van der Waals surface area contributed by atoms with Crippen LogP contribution in [-0.2, 0) is 0 Å². The summed E-state index contributed by atoms with van der Waals surface area (Å²) in [6.45, 7) is 6.50. The third kappa shape index (κ3) is 1.93. The van der Waals surface area contributed by atoms with Gasteiger partial charge in [-0.2, -0.15) is 5.26 Å². The van der Waals surface area contributed by atoms with Crippen molar-refractivity contribution in [2.45, 2.75) is 13.8 Å². The van der Waals surface area contributed by atoms with E-state index < -0.39 is 0 Å². The molecule has 2 N–H and O–H groups in total. The lowest BCUT2D eigenvalue weighted by Gasteiger charge is -2.17. The minimum atomic E-state index is 0.474. The summed E-state index contributed by atoms with van der Waals surface area (Å²) < 4.78 is 5.33. The lowest BCUT2D eigenvalue weighted by atomic mass is 10.0. The first-order valence-electron chi connectivity index (χ1n) is 5.69. The molecule has 17 heavy (non-hydrogen) atoms. The van der Waals surface area contributed by atoms with Gasteiger partial charge in [0, 0.05) is 13.1 Å². The van der Waals surface area contributed by atoms with Crippen LogP contribution in [0.1, 0.15) is 18.7 Å². The van der Waals surface area contributed by atoms with Gasteiger partial charge in [0.05, 0.1) is 7.11 Å². The summed E-state index contributed by atoms with van der Waals surface area (Å²) in [5.74, 6) is 1.98. The summed E-state index contributed by atoms with van der Waals surface area (Å²) >= 11 is 1.43. The minimum absolute atomic E-state index is 0.474. The quantitative estimate of drug-likeness (QED) is 0.876. The summed E-state index contributed by atoms with van der Waals surface area (Å²) in [6.07, 6.45) is 0. The summed E-state index contributed by atoms with van der Waals surface area (Å²) in [4.78, 5) is 2.82. The molecule has 1 aliphatic rings. The van der Waals surface area contributed by atoms with E-state index in [4.69, 9.17) is 15.7 Å². The van der Waals surface area contributed by atoms with Gasteiger partial charge in [-0.25, -0.2) is 0 Å². The second-order valence-electron chi connectivity index (χ2n) is 4.65. The van der Waals surface area contributed by atoms with Crippen molar-refractivity contribution in [3.63, 3.8) is 0 Å². The molecular formula is C12H17N3OS. The first-order valence-corrected chi connectivity index (χ1v) is 6.51. The fourth-order valence-electron chi connectivity index (χ4n) is 2.20. The Morgan fingerprint density at radius 2 is 2.00 bits per heavy atom. The van der Waals surface area contributed by atoms with Crippen LogP contribution in [0.15, 0.2) is 0 Å². The molecule has 0 aromatic carbocycles. The third-order valence-electron chi connectivity index (χ3n) is 3.46. The molecule has 1 fully saturated rings. The Balaban J connectivity index is 2.36. The predicted octanol–water partition coefficient (Wildman–Crippen LogP) is 2.30. The number of methoxy groups -OCH3 is 1. The van der Waals surface area contributed by atoms with Gasteiger partial charge in [-0.05, 0) is 11.8 Å². The highest BCUT2D eigenvalue weighted by molar-refractivity contribution is 7.17. The monoisotopic (exact) mass is 251 g/mol. The summed E-state index contributed by atoms with van der Waals surface area (Å²) in [7, 11) is 1.60. The van der Waals surface area contributed by atoms with Crippen LogP contribution in [0.3, 0.4) is 0 Å². The van der Waals surface area contributed by atoms with Gasteiger partial charge in [0.2, 0.25) is 0 Å². The van der Waals surface area contributed by atoms with Gasteiger partial charge in [-0.3, -0.25) is 0 Å². The van der Waals surface area contributed by atoms with Crippen molar-refractivity contribution < 1.29 is 4.74 Å². The zero-order valence-corrected chi connectivity index (χ0v) is 11.2. The number of ether oxygens (including phenoxy) is 1. The van der Waals surface area contributed by atoms with E-state index >= 15 is 0 Å². The highest BCUT2D eigenvalue weighted by Gasteiger charge is 2.30. The Hall–Kier alpha value is -1.41. The first-order chi connectivity index (χ1) is 8.08. The van der Waals surface area contributed by atoms with E-state index in [2.05, 4.69) is 24.8 Å². The third-order valence-corrected chi connectivity index (χ3v) is 4.62. The molecule has 92 valence electrons. The van der Waals surface area contributed by atoms with E-state index in [0.29, 0.717) is 28.1 Å². The minimum Gasteiger partial charge on any atom is -0.492 e. The zero-order valence-electron chi connectivity index (χ0n) is 10.4. The number of anilines is 2. The van der Waals surface area contributed by atoms with Gasteiger partial charge in [0.1, 0.15) is 21.6 Å². The normalized spacial score (nSPS) is 23.8. The van der Waals surface area contributed by atoms with E-state index in [1.165, 1.54) is 11.3 Å². The fourth-order valence-corrected chi connectivity index (χ4v) is 3.21. The lowest BCUT2D eigenvalue weighted by molar-refractivity contribution is 0.418. The number of nitrogen functional groups attached to an aromatic ring is 1. The Morgan fingerprint density at radius 3 is 2.47 bits per heavy atom. The number of hydrogen-bond donors (Lipinski definition) is 1. The number of hydrogen-bond acceptors (Lipinski definition) is 5. The molecule has 2 heterocycles. The van der Waals surface area contributed by atoms with E-state index in [1.54, 1.807) is 7.11 Å². The van der Waals surface area contributed by atoms with Gasteiger partial charge in [-0.1, -0.05) is 13.8 Å². The Morgan fingerprint density at radius 1 is 1.41 bits per heavy atom. The van der Waals surface area contributed by atoms with Crippen LogP contribution < -0.4 is 15.4 Å². The molecule has 2 atom stereocenters. The Labute approximate surface area is 106 Å². The smallest absolute Gasteiger partial charge is 0.177 e. The SMILES string of the molecule is COc1c(N2CC(C)C(C)C2)sc(C#N)c1N. The van der Waals surface area contributed by atoms with Crippen molar-refractivity contribution >= 4 is 22.0 Å². The maximum atomic E-state index is 9.00. The standard InChI is InChI=1S/C12H17N3OS/c1-7-5-15(6-8(7)2)12-11(16-3)10(14)9(4-13)17-12/h7-8H,5-6,14H2,1-3H3. The lowest BCUT2D eigenvalue weighted by Crippen LogP contribution is -2.18. The van der Waals surface area contributed by atoms with Crippen LogP contribution in [-0.4, -0.2) is 20.2 Å². The van der Waals surface area contributed by atoms with E-state index in [1.807, 2.05) is 0 Å². The van der Waals surface area contributed by atoms with Crippen LogP contribution in [0.2, 0.25) is 0 Å². The van der Waals surface area contributed by atoms with Crippen LogP contribution in [0.4, 0.5) is 10.7 Å². The maximum absolute atomic E-state index is 9.00. The van der Waals surface area contributed by atoms with E-state index in [9.17, 15) is 0 Å². The average molecular weight is 251 g/mol. The van der Waals surface area contributed by atoms with E-state index in [0.717, 1.165) is 18.1 Å². The van der Waals surface area contributed by atoms with Crippen LogP contribution >= 0.6 is 11.3 Å². The molecule has 4 nitrogen and oxygen atoms in total. The summed E-state index contributed by atoms with van der Waals surface area (Å²) in [6, 6.07) is 2.12.